The van der Waals surface area contributed by atoms with Gasteiger partial charge < -0.3 is 15.4 Å². The van der Waals surface area contributed by atoms with Crippen molar-refractivity contribution in [2.24, 2.45) is 0 Å². The monoisotopic (exact) mass is 308 g/mol. The average Bonchev–Trinajstić information content (AvgIpc) is 2.99. The molecule has 0 aliphatic heterocycles. The van der Waals surface area contributed by atoms with Crippen LogP contribution in [0.25, 0.3) is 0 Å². The predicted octanol–water partition coefficient (Wildman–Crippen LogP) is 2.67. The molecule has 0 bridgehead atoms. The highest BCUT2D eigenvalue weighted by atomic mass is 32.1. The quantitative estimate of drug-likeness (QED) is 0.696. The number of nitrogens with zero attached hydrogens (tertiary/aromatic N) is 1. The fraction of sp³-hybridized carbons (Fsp3) is 0.308. The molecule has 0 aliphatic carbocycles. The number of hydrogen-bond donors (Lipinski definition) is 4. The third-order valence-corrected chi connectivity index (χ3v) is 4.23. The molecule has 0 saturated carbocycles. The molecule has 0 radical (unpaired) electrons. The van der Waals surface area contributed by atoms with Crippen LogP contribution in [0.3, 0.4) is 0 Å². The van der Waals surface area contributed by atoms with Gasteiger partial charge in [0.15, 0.2) is 0 Å². The molecule has 0 saturated heterocycles. The summed E-state index contributed by atoms with van der Waals surface area (Å²) < 4.78 is 0. The minimum Gasteiger partial charge on any atom is -0.478 e. The number of aromatic amines is 1. The largest absolute Gasteiger partial charge is 0.478 e. The minimum atomic E-state index is -1.05. The molecular formula is C13H16N4O3S. The predicted molar refractivity (Wildman–Crippen MR) is 79.9 cm³/mol. The first-order valence-corrected chi connectivity index (χ1v) is 7.12. The van der Waals surface area contributed by atoms with Crippen LogP contribution in [0.4, 0.5) is 9.80 Å². The number of H-pyrrole nitrogens is 1. The number of aromatic nitrogens is 2. The molecule has 8 heteroatoms. The summed E-state index contributed by atoms with van der Waals surface area (Å²) in [5.74, 6) is -0.423. The molecule has 2 aromatic heterocycles. The Hall–Kier alpha value is -2.35. The van der Waals surface area contributed by atoms with Crippen molar-refractivity contribution < 1.29 is 14.7 Å². The Morgan fingerprint density at radius 3 is 2.71 bits per heavy atom. The Bertz CT molecular complexity index is 663. The van der Waals surface area contributed by atoms with Crippen molar-refractivity contribution in [2.75, 3.05) is 5.32 Å². The summed E-state index contributed by atoms with van der Waals surface area (Å²) >= 11 is 1.25. The van der Waals surface area contributed by atoms with Crippen LogP contribution < -0.4 is 10.6 Å². The van der Waals surface area contributed by atoms with Gasteiger partial charge in [-0.1, -0.05) is 0 Å². The maximum atomic E-state index is 12.0. The lowest BCUT2D eigenvalue weighted by Crippen LogP contribution is -2.31. The van der Waals surface area contributed by atoms with E-state index >= 15 is 0 Å². The van der Waals surface area contributed by atoms with Crippen molar-refractivity contribution in [3.05, 3.63) is 34.2 Å². The number of nitrogens with one attached hydrogen (secondary N) is 3. The summed E-state index contributed by atoms with van der Waals surface area (Å²) in [4.78, 5) is 31.0. The Morgan fingerprint density at radius 2 is 2.14 bits per heavy atom. The second kappa shape index (κ2) is 5.96. The van der Waals surface area contributed by atoms with Crippen molar-refractivity contribution in [1.82, 2.24) is 15.3 Å². The number of rotatable bonds is 4. The Kier molecular flexibility index (Phi) is 4.27. The summed E-state index contributed by atoms with van der Waals surface area (Å²) in [5, 5.41) is 14.8. The van der Waals surface area contributed by atoms with Gasteiger partial charge in [0.05, 0.1) is 11.6 Å². The molecule has 0 aromatic carbocycles. The van der Waals surface area contributed by atoms with Gasteiger partial charge in [-0.15, -0.1) is 11.3 Å². The highest BCUT2D eigenvalue weighted by Crippen LogP contribution is 2.32. The standard InChI is InChI=1S/C13H16N4O3S/c1-6-8(3)21-11(9(6)12(18)19)17-13(20)16-7(2)10-14-4-5-15-10/h4-5,7H,1-3H3,(H,14,15)(H,18,19)(H2,16,17,20). The number of imidazole rings is 1. The fourth-order valence-electron chi connectivity index (χ4n) is 1.89. The van der Waals surface area contributed by atoms with Crippen LogP contribution in [-0.4, -0.2) is 27.1 Å². The molecule has 2 amide bonds. The zero-order chi connectivity index (χ0) is 15.6. The van der Waals surface area contributed by atoms with Gasteiger partial charge in [-0.3, -0.25) is 5.32 Å². The van der Waals surface area contributed by atoms with Gasteiger partial charge in [-0.05, 0) is 26.3 Å². The van der Waals surface area contributed by atoms with Crippen molar-refractivity contribution >= 4 is 28.3 Å². The SMILES string of the molecule is Cc1sc(NC(=O)NC(C)c2ncc[nH]2)c(C(=O)O)c1C. The first kappa shape index (κ1) is 15.0. The number of urea groups is 1. The summed E-state index contributed by atoms with van der Waals surface area (Å²) in [6, 6.07) is -0.780. The molecular weight excluding hydrogens is 292 g/mol. The number of thiophene rings is 1. The van der Waals surface area contributed by atoms with Gasteiger partial charge in [0, 0.05) is 17.3 Å². The van der Waals surface area contributed by atoms with E-state index in [0.29, 0.717) is 16.4 Å². The van der Waals surface area contributed by atoms with E-state index in [-0.39, 0.29) is 11.6 Å². The van der Waals surface area contributed by atoms with Crippen molar-refractivity contribution in [3.8, 4) is 0 Å². The van der Waals surface area contributed by atoms with E-state index in [1.54, 1.807) is 26.2 Å². The van der Waals surface area contributed by atoms with Gasteiger partial charge in [0.2, 0.25) is 0 Å². The fourth-order valence-corrected chi connectivity index (χ4v) is 2.94. The van der Waals surface area contributed by atoms with E-state index in [1.807, 2.05) is 6.92 Å². The molecule has 4 N–H and O–H groups in total. The number of carboxylic acid groups (broad SMARTS) is 1. The van der Waals surface area contributed by atoms with Crippen LogP contribution in [0.2, 0.25) is 0 Å². The topological polar surface area (TPSA) is 107 Å². The Balaban J connectivity index is 2.10. The van der Waals surface area contributed by atoms with E-state index in [4.69, 9.17) is 0 Å². The van der Waals surface area contributed by atoms with Crippen LogP contribution >= 0.6 is 11.3 Å². The molecule has 21 heavy (non-hydrogen) atoms. The molecule has 2 heterocycles. The number of amides is 2. The van der Waals surface area contributed by atoms with E-state index in [0.717, 1.165) is 4.88 Å². The number of hydrogen-bond acceptors (Lipinski definition) is 4. The number of anilines is 1. The summed E-state index contributed by atoms with van der Waals surface area (Å²) in [6.45, 7) is 5.33. The summed E-state index contributed by atoms with van der Waals surface area (Å²) in [7, 11) is 0. The van der Waals surface area contributed by atoms with Crippen LogP contribution in [-0.2, 0) is 0 Å². The van der Waals surface area contributed by atoms with E-state index in [9.17, 15) is 14.7 Å². The van der Waals surface area contributed by atoms with E-state index < -0.39 is 12.0 Å². The van der Waals surface area contributed by atoms with Crippen LogP contribution in [0, 0.1) is 13.8 Å². The highest BCUT2D eigenvalue weighted by Gasteiger charge is 2.21. The number of carboxylic acids is 1. The Morgan fingerprint density at radius 1 is 1.43 bits per heavy atom. The van der Waals surface area contributed by atoms with Crippen molar-refractivity contribution in [3.63, 3.8) is 0 Å². The summed E-state index contributed by atoms with van der Waals surface area (Å²) in [6.07, 6.45) is 3.26. The minimum absolute atomic E-state index is 0.137. The molecule has 2 rings (SSSR count). The van der Waals surface area contributed by atoms with Gasteiger partial charge in [0.1, 0.15) is 10.8 Å². The number of carbonyl (C=O) groups is 2. The number of aryl methyl sites for hydroxylation is 1. The highest BCUT2D eigenvalue weighted by molar-refractivity contribution is 7.16. The molecule has 112 valence electrons. The molecule has 2 aromatic rings. The van der Waals surface area contributed by atoms with Crippen molar-refractivity contribution in [1.29, 1.82) is 0 Å². The van der Waals surface area contributed by atoms with Crippen LogP contribution in [0.1, 0.15) is 39.6 Å². The maximum absolute atomic E-state index is 12.0. The van der Waals surface area contributed by atoms with Crippen LogP contribution in [0.5, 0.6) is 0 Å². The van der Waals surface area contributed by atoms with Gasteiger partial charge in [-0.2, -0.15) is 0 Å². The van der Waals surface area contributed by atoms with E-state index in [2.05, 4.69) is 20.6 Å². The zero-order valence-electron chi connectivity index (χ0n) is 11.9. The number of aromatic carboxylic acids is 1. The molecule has 7 nitrogen and oxygen atoms in total. The summed E-state index contributed by atoms with van der Waals surface area (Å²) in [5.41, 5.74) is 0.806. The third-order valence-electron chi connectivity index (χ3n) is 3.10. The van der Waals surface area contributed by atoms with Crippen LogP contribution in [0.15, 0.2) is 12.4 Å². The number of carbonyl (C=O) groups excluding carboxylic acids is 1. The second-order valence-corrected chi connectivity index (χ2v) is 5.81. The van der Waals surface area contributed by atoms with Crippen molar-refractivity contribution in [2.45, 2.75) is 26.8 Å². The van der Waals surface area contributed by atoms with E-state index in [1.165, 1.54) is 11.3 Å². The molecule has 1 unspecified atom stereocenters. The lowest BCUT2D eigenvalue weighted by Gasteiger charge is -2.12. The zero-order valence-corrected chi connectivity index (χ0v) is 12.7. The lowest BCUT2D eigenvalue weighted by atomic mass is 10.1. The van der Waals surface area contributed by atoms with Gasteiger partial charge in [-0.25, -0.2) is 14.6 Å². The van der Waals surface area contributed by atoms with Gasteiger partial charge in [0.25, 0.3) is 0 Å². The third kappa shape index (κ3) is 3.22. The molecule has 1 atom stereocenters. The molecule has 0 spiro atoms. The average molecular weight is 308 g/mol. The first-order chi connectivity index (χ1) is 9.90. The molecule has 0 aliphatic rings. The second-order valence-electron chi connectivity index (χ2n) is 4.59. The normalized spacial score (nSPS) is 12.0. The molecule has 0 fully saturated rings. The van der Waals surface area contributed by atoms with Gasteiger partial charge >= 0.3 is 12.0 Å². The maximum Gasteiger partial charge on any atom is 0.338 e. The Labute approximate surface area is 125 Å². The lowest BCUT2D eigenvalue weighted by molar-refractivity contribution is 0.0697. The smallest absolute Gasteiger partial charge is 0.338 e. The first-order valence-electron chi connectivity index (χ1n) is 6.30.